The molecule has 0 aliphatic heterocycles. The lowest BCUT2D eigenvalue weighted by Crippen LogP contribution is -1.94. The van der Waals surface area contributed by atoms with E-state index in [1.165, 1.54) is 44.1 Å². The second-order valence-corrected chi connectivity index (χ2v) is 4.63. The second-order valence-electron chi connectivity index (χ2n) is 4.63. The summed E-state index contributed by atoms with van der Waals surface area (Å²) in [5.74, 6) is 0.922. The summed E-state index contributed by atoms with van der Waals surface area (Å²) in [5.41, 5.74) is 1.49. The number of hydrogen-bond donors (Lipinski definition) is 0. The van der Waals surface area contributed by atoms with Crippen molar-refractivity contribution in [3.8, 4) is 0 Å². The molecule has 0 saturated carbocycles. The highest BCUT2D eigenvalue weighted by Gasteiger charge is 2.00. The predicted octanol–water partition coefficient (Wildman–Crippen LogP) is 4.84. The monoisotopic (exact) mass is 204 g/mol. The molecule has 0 heterocycles. The van der Waals surface area contributed by atoms with Gasteiger partial charge in [0, 0.05) is 0 Å². The molecule has 1 unspecified atom stereocenters. The minimum absolute atomic E-state index is 0.922. The van der Waals surface area contributed by atoms with Crippen molar-refractivity contribution in [1.29, 1.82) is 0 Å². The van der Waals surface area contributed by atoms with Gasteiger partial charge in [0.15, 0.2) is 0 Å². The summed E-state index contributed by atoms with van der Waals surface area (Å²) >= 11 is 0. The highest BCUT2D eigenvalue weighted by Crippen LogP contribution is 2.15. The van der Waals surface area contributed by atoms with Crippen molar-refractivity contribution in [2.45, 2.75) is 52.4 Å². The molecule has 0 N–H and O–H groups in total. The van der Waals surface area contributed by atoms with Gasteiger partial charge in [0.2, 0.25) is 0 Å². The van der Waals surface area contributed by atoms with Crippen LogP contribution in [0, 0.1) is 5.92 Å². The van der Waals surface area contributed by atoms with Crippen LogP contribution in [0.3, 0.4) is 0 Å². The van der Waals surface area contributed by atoms with E-state index < -0.39 is 0 Å². The summed E-state index contributed by atoms with van der Waals surface area (Å²) < 4.78 is 0. The van der Waals surface area contributed by atoms with Crippen LogP contribution in [0.25, 0.3) is 0 Å². The quantitative estimate of drug-likeness (QED) is 0.558. The maximum Gasteiger partial charge on any atom is -0.0279 e. The molecule has 0 aliphatic rings. The van der Waals surface area contributed by atoms with Crippen LogP contribution < -0.4 is 0 Å². The largest absolute Gasteiger partial charge is 0.0654 e. The molecule has 0 spiro atoms. The zero-order valence-electron chi connectivity index (χ0n) is 10.2. The standard InChI is InChI=1S/C15H24/c1-3-9-14(2)10-7-8-13-15-11-5-4-6-12-15/h4-6,11-12,14H,3,7-10,13H2,1-2H3. The highest BCUT2D eigenvalue weighted by molar-refractivity contribution is 5.14. The van der Waals surface area contributed by atoms with Gasteiger partial charge in [0.1, 0.15) is 0 Å². The fourth-order valence-electron chi connectivity index (χ4n) is 2.10. The maximum atomic E-state index is 2.38. The zero-order valence-corrected chi connectivity index (χ0v) is 10.2. The minimum Gasteiger partial charge on any atom is -0.0654 e. The maximum absolute atomic E-state index is 2.38. The molecule has 0 nitrogen and oxygen atoms in total. The average molecular weight is 204 g/mol. The summed E-state index contributed by atoms with van der Waals surface area (Å²) in [7, 11) is 0. The molecule has 0 saturated heterocycles. The molecule has 15 heavy (non-hydrogen) atoms. The molecular formula is C15H24. The first-order valence-corrected chi connectivity index (χ1v) is 6.37. The van der Waals surface area contributed by atoms with Gasteiger partial charge < -0.3 is 0 Å². The van der Waals surface area contributed by atoms with Crippen molar-refractivity contribution < 1.29 is 0 Å². The summed E-state index contributed by atoms with van der Waals surface area (Å²) in [6, 6.07) is 10.8. The number of aryl methyl sites for hydroxylation is 1. The van der Waals surface area contributed by atoms with E-state index in [2.05, 4.69) is 44.2 Å². The third-order valence-electron chi connectivity index (χ3n) is 3.04. The Morgan fingerprint density at radius 1 is 1.00 bits per heavy atom. The van der Waals surface area contributed by atoms with E-state index in [1.54, 1.807) is 0 Å². The Morgan fingerprint density at radius 3 is 2.40 bits per heavy atom. The first-order valence-electron chi connectivity index (χ1n) is 6.37. The van der Waals surface area contributed by atoms with E-state index >= 15 is 0 Å². The summed E-state index contributed by atoms with van der Waals surface area (Å²) in [6.07, 6.45) is 8.11. The number of rotatable bonds is 7. The number of unbranched alkanes of at least 4 members (excludes halogenated alkanes) is 1. The van der Waals surface area contributed by atoms with Gasteiger partial charge in [0.25, 0.3) is 0 Å². The van der Waals surface area contributed by atoms with Gasteiger partial charge >= 0.3 is 0 Å². The van der Waals surface area contributed by atoms with E-state index in [-0.39, 0.29) is 0 Å². The summed E-state index contributed by atoms with van der Waals surface area (Å²) in [5, 5.41) is 0. The van der Waals surface area contributed by atoms with Gasteiger partial charge in [-0.3, -0.25) is 0 Å². The van der Waals surface area contributed by atoms with Crippen molar-refractivity contribution in [3.05, 3.63) is 35.9 Å². The lowest BCUT2D eigenvalue weighted by Gasteiger charge is -2.09. The molecule has 1 rings (SSSR count). The van der Waals surface area contributed by atoms with Crippen molar-refractivity contribution in [3.63, 3.8) is 0 Å². The lowest BCUT2D eigenvalue weighted by atomic mass is 9.97. The van der Waals surface area contributed by atoms with E-state index in [1.807, 2.05) is 0 Å². The van der Waals surface area contributed by atoms with Gasteiger partial charge in [-0.2, -0.15) is 0 Å². The summed E-state index contributed by atoms with van der Waals surface area (Å²) in [4.78, 5) is 0. The Balaban J connectivity index is 2.07. The molecule has 0 amide bonds. The van der Waals surface area contributed by atoms with Crippen LogP contribution in [0.2, 0.25) is 0 Å². The summed E-state index contributed by atoms with van der Waals surface area (Å²) in [6.45, 7) is 4.66. The minimum atomic E-state index is 0.922. The number of benzene rings is 1. The molecule has 0 radical (unpaired) electrons. The first-order chi connectivity index (χ1) is 7.33. The average Bonchev–Trinajstić information content (AvgIpc) is 2.26. The van der Waals surface area contributed by atoms with Crippen LogP contribution in [0.15, 0.2) is 30.3 Å². The molecule has 84 valence electrons. The third-order valence-corrected chi connectivity index (χ3v) is 3.04. The van der Waals surface area contributed by atoms with Gasteiger partial charge in [-0.15, -0.1) is 0 Å². The van der Waals surface area contributed by atoms with Gasteiger partial charge in [0.05, 0.1) is 0 Å². The van der Waals surface area contributed by atoms with Crippen LogP contribution in [0.1, 0.15) is 51.5 Å². The molecule has 0 heteroatoms. The second kappa shape index (κ2) is 7.50. The predicted molar refractivity (Wildman–Crippen MR) is 68.1 cm³/mol. The van der Waals surface area contributed by atoms with Crippen LogP contribution in [-0.4, -0.2) is 0 Å². The molecule has 0 fully saturated rings. The van der Waals surface area contributed by atoms with Crippen LogP contribution >= 0.6 is 0 Å². The van der Waals surface area contributed by atoms with Crippen LogP contribution in [0.5, 0.6) is 0 Å². The SMILES string of the molecule is CCCC(C)CCCCc1ccccc1. The Hall–Kier alpha value is -0.780. The smallest absolute Gasteiger partial charge is 0.0279 e. The highest BCUT2D eigenvalue weighted by atomic mass is 14.1. The van der Waals surface area contributed by atoms with Gasteiger partial charge in [-0.1, -0.05) is 69.9 Å². The first kappa shape index (κ1) is 12.3. The molecule has 1 aromatic carbocycles. The van der Waals surface area contributed by atoms with Gasteiger partial charge in [-0.05, 0) is 24.3 Å². The van der Waals surface area contributed by atoms with Gasteiger partial charge in [-0.25, -0.2) is 0 Å². The Labute approximate surface area is 94.7 Å². The van der Waals surface area contributed by atoms with Crippen LogP contribution in [-0.2, 0) is 6.42 Å². The van der Waals surface area contributed by atoms with E-state index in [0.29, 0.717) is 0 Å². The Bertz CT molecular complexity index is 237. The van der Waals surface area contributed by atoms with Crippen molar-refractivity contribution in [2.24, 2.45) is 5.92 Å². The van der Waals surface area contributed by atoms with Crippen LogP contribution in [0.4, 0.5) is 0 Å². The number of hydrogen-bond acceptors (Lipinski definition) is 0. The molecule has 0 aliphatic carbocycles. The van der Waals surface area contributed by atoms with Crippen molar-refractivity contribution in [1.82, 2.24) is 0 Å². The molecule has 1 atom stereocenters. The Morgan fingerprint density at radius 2 is 1.73 bits per heavy atom. The molecule has 0 aromatic heterocycles. The normalized spacial score (nSPS) is 12.7. The van der Waals surface area contributed by atoms with Crippen molar-refractivity contribution in [2.75, 3.05) is 0 Å². The van der Waals surface area contributed by atoms with E-state index in [4.69, 9.17) is 0 Å². The van der Waals surface area contributed by atoms with E-state index in [0.717, 1.165) is 5.92 Å². The molecular weight excluding hydrogens is 180 g/mol. The zero-order chi connectivity index (χ0) is 10.9. The fraction of sp³-hybridized carbons (Fsp3) is 0.600. The van der Waals surface area contributed by atoms with E-state index in [9.17, 15) is 0 Å². The lowest BCUT2D eigenvalue weighted by molar-refractivity contribution is 0.461. The molecule has 0 bridgehead atoms. The third kappa shape index (κ3) is 5.61. The Kier molecular flexibility index (Phi) is 6.15. The van der Waals surface area contributed by atoms with Crippen molar-refractivity contribution >= 4 is 0 Å². The fourth-order valence-corrected chi connectivity index (χ4v) is 2.10. The molecule has 1 aromatic rings. The topological polar surface area (TPSA) is 0 Å².